The van der Waals surface area contributed by atoms with Gasteiger partial charge in [0.1, 0.15) is 4.90 Å². The second-order valence-electron chi connectivity index (χ2n) is 7.02. The van der Waals surface area contributed by atoms with Crippen LogP contribution in [0.15, 0.2) is 41.3 Å². The van der Waals surface area contributed by atoms with Crippen LogP contribution in [0, 0.1) is 0 Å². The number of amides is 2. The topological polar surface area (TPSA) is 104 Å². The molecule has 0 radical (unpaired) electrons. The highest BCUT2D eigenvalue weighted by atomic mass is 35.5. The van der Waals surface area contributed by atoms with Gasteiger partial charge >= 0.3 is 0 Å². The van der Waals surface area contributed by atoms with Crippen LogP contribution in [-0.4, -0.2) is 67.2 Å². The molecule has 0 unspecified atom stereocenters. The van der Waals surface area contributed by atoms with E-state index in [0.29, 0.717) is 13.1 Å². The predicted octanol–water partition coefficient (Wildman–Crippen LogP) is 2.14. The van der Waals surface area contributed by atoms with Crippen molar-refractivity contribution in [1.29, 1.82) is 0 Å². The van der Waals surface area contributed by atoms with Gasteiger partial charge in [-0.05, 0) is 24.3 Å². The molecule has 0 bridgehead atoms. The summed E-state index contributed by atoms with van der Waals surface area (Å²) in [7, 11) is -3.81. The van der Waals surface area contributed by atoms with Crippen molar-refractivity contribution in [2.45, 2.75) is 4.90 Å². The largest absolute Gasteiger partial charge is 0.398 e. The number of imide groups is 1. The van der Waals surface area contributed by atoms with Gasteiger partial charge in [-0.3, -0.25) is 19.4 Å². The Morgan fingerprint density at radius 2 is 1.60 bits per heavy atom. The van der Waals surface area contributed by atoms with Crippen molar-refractivity contribution >= 4 is 50.7 Å². The molecule has 2 N–H and O–H groups in total. The van der Waals surface area contributed by atoms with Crippen molar-refractivity contribution in [3.63, 3.8) is 0 Å². The molecule has 4 rings (SSSR count). The molecule has 2 aromatic carbocycles. The molecule has 30 heavy (non-hydrogen) atoms. The summed E-state index contributed by atoms with van der Waals surface area (Å²) in [4.78, 5) is 28.2. The van der Waals surface area contributed by atoms with Gasteiger partial charge in [0.15, 0.2) is 0 Å². The van der Waals surface area contributed by atoms with E-state index in [0.717, 1.165) is 4.90 Å². The fourth-order valence-electron chi connectivity index (χ4n) is 3.62. The standard InChI is InChI=1S/C19H18Cl2N4O4S/c20-13-4-2-6-15(17(13)21)30(28,29)24-9-7-23(8-10-24)11-25-18(26)12-3-1-5-14(22)16(12)19(25)27/h1-6H,7-11,22H2. The molecule has 2 heterocycles. The number of nitrogens with zero attached hydrogens (tertiary/aromatic N) is 3. The minimum Gasteiger partial charge on any atom is -0.398 e. The van der Waals surface area contributed by atoms with Crippen molar-refractivity contribution in [1.82, 2.24) is 14.1 Å². The first-order valence-corrected chi connectivity index (χ1v) is 11.3. The Balaban J connectivity index is 1.45. The van der Waals surface area contributed by atoms with E-state index < -0.39 is 21.8 Å². The Kier molecular flexibility index (Phi) is 5.50. The van der Waals surface area contributed by atoms with Gasteiger partial charge in [0.25, 0.3) is 11.8 Å². The van der Waals surface area contributed by atoms with Crippen LogP contribution in [0.2, 0.25) is 10.0 Å². The number of hydrogen-bond acceptors (Lipinski definition) is 6. The highest BCUT2D eigenvalue weighted by molar-refractivity contribution is 7.89. The molecule has 2 aromatic rings. The second kappa shape index (κ2) is 7.82. The number of benzene rings is 2. The number of carbonyl (C=O) groups is 2. The number of hydrogen-bond donors (Lipinski definition) is 1. The van der Waals surface area contributed by atoms with E-state index in [1.54, 1.807) is 18.2 Å². The average molecular weight is 469 g/mol. The van der Waals surface area contributed by atoms with Crippen molar-refractivity contribution in [3.8, 4) is 0 Å². The molecule has 8 nitrogen and oxygen atoms in total. The average Bonchev–Trinajstić information content (AvgIpc) is 2.96. The van der Waals surface area contributed by atoms with Crippen LogP contribution in [0.1, 0.15) is 20.7 Å². The summed E-state index contributed by atoms with van der Waals surface area (Å²) in [5, 5.41) is 0.159. The number of carbonyl (C=O) groups excluding carboxylic acids is 2. The van der Waals surface area contributed by atoms with Crippen LogP contribution in [0.3, 0.4) is 0 Å². The molecule has 0 aromatic heterocycles. The molecule has 1 saturated heterocycles. The zero-order valence-corrected chi connectivity index (χ0v) is 18.0. The number of fused-ring (bicyclic) bond motifs is 1. The van der Waals surface area contributed by atoms with Gasteiger partial charge in [-0.25, -0.2) is 8.42 Å². The first-order chi connectivity index (χ1) is 14.2. The molecule has 0 spiro atoms. The molecule has 0 atom stereocenters. The predicted molar refractivity (Wildman–Crippen MR) is 113 cm³/mol. The van der Waals surface area contributed by atoms with Crippen LogP contribution in [0.5, 0.6) is 0 Å². The SMILES string of the molecule is Nc1cccc2c1C(=O)N(CN1CCN(S(=O)(=O)c3cccc(Cl)c3Cl)CC1)C2=O. The Morgan fingerprint density at radius 1 is 0.933 bits per heavy atom. The molecular formula is C19H18Cl2N4O4S. The highest BCUT2D eigenvalue weighted by Gasteiger charge is 2.39. The van der Waals surface area contributed by atoms with Crippen LogP contribution in [0.4, 0.5) is 5.69 Å². The van der Waals surface area contributed by atoms with E-state index in [9.17, 15) is 18.0 Å². The third kappa shape index (κ3) is 3.46. The minimum absolute atomic E-state index is 0.00907. The van der Waals surface area contributed by atoms with E-state index in [4.69, 9.17) is 28.9 Å². The van der Waals surface area contributed by atoms with E-state index >= 15 is 0 Å². The number of piperazine rings is 1. The van der Waals surface area contributed by atoms with E-state index in [2.05, 4.69) is 0 Å². The Labute approximate surface area is 183 Å². The molecule has 0 aliphatic carbocycles. The summed E-state index contributed by atoms with van der Waals surface area (Å²) < 4.78 is 27.2. The summed E-state index contributed by atoms with van der Waals surface area (Å²) in [5.41, 5.74) is 6.63. The highest BCUT2D eigenvalue weighted by Crippen LogP contribution is 2.32. The summed E-state index contributed by atoms with van der Waals surface area (Å²) in [6.07, 6.45) is 0. The summed E-state index contributed by atoms with van der Waals surface area (Å²) in [6, 6.07) is 9.26. The first-order valence-electron chi connectivity index (χ1n) is 9.13. The summed E-state index contributed by atoms with van der Waals surface area (Å²) in [6.45, 7) is 1.14. The van der Waals surface area contributed by atoms with Gasteiger partial charge < -0.3 is 5.73 Å². The Hall–Kier alpha value is -2.17. The zero-order valence-electron chi connectivity index (χ0n) is 15.7. The summed E-state index contributed by atoms with van der Waals surface area (Å²) in [5.74, 6) is -0.836. The maximum Gasteiger partial charge on any atom is 0.264 e. The monoisotopic (exact) mass is 468 g/mol. The quantitative estimate of drug-likeness (QED) is 0.544. The van der Waals surface area contributed by atoms with E-state index in [-0.39, 0.29) is 51.5 Å². The van der Waals surface area contributed by atoms with Gasteiger partial charge in [-0.1, -0.05) is 35.3 Å². The second-order valence-corrected chi connectivity index (χ2v) is 9.72. The molecule has 0 saturated carbocycles. The number of nitrogen functional groups attached to an aromatic ring is 1. The number of rotatable bonds is 4. The van der Waals surface area contributed by atoms with Crippen molar-refractivity contribution < 1.29 is 18.0 Å². The number of halogens is 2. The lowest BCUT2D eigenvalue weighted by molar-refractivity contribution is 0.0501. The van der Waals surface area contributed by atoms with Crippen LogP contribution < -0.4 is 5.73 Å². The van der Waals surface area contributed by atoms with Crippen LogP contribution in [0.25, 0.3) is 0 Å². The molecule has 1 fully saturated rings. The molecular weight excluding hydrogens is 451 g/mol. The van der Waals surface area contributed by atoms with Gasteiger partial charge in [-0.15, -0.1) is 0 Å². The maximum absolute atomic E-state index is 12.9. The fourth-order valence-corrected chi connectivity index (χ4v) is 5.78. The van der Waals surface area contributed by atoms with Gasteiger partial charge in [0, 0.05) is 31.9 Å². The zero-order chi connectivity index (χ0) is 21.6. The van der Waals surface area contributed by atoms with E-state index in [1.807, 2.05) is 4.90 Å². The van der Waals surface area contributed by atoms with Crippen LogP contribution >= 0.6 is 23.2 Å². The van der Waals surface area contributed by atoms with Crippen LogP contribution in [-0.2, 0) is 10.0 Å². The number of sulfonamides is 1. The smallest absolute Gasteiger partial charge is 0.264 e. The fraction of sp³-hybridized carbons (Fsp3) is 0.263. The number of anilines is 1. The number of nitrogens with two attached hydrogens (primary N) is 1. The third-order valence-corrected chi connectivity index (χ3v) is 8.11. The lowest BCUT2D eigenvalue weighted by Crippen LogP contribution is -2.52. The Morgan fingerprint density at radius 3 is 2.27 bits per heavy atom. The van der Waals surface area contributed by atoms with Crippen molar-refractivity contribution in [3.05, 3.63) is 57.6 Å². The normalized spacial score (nSPS) is 18.1. The molecule has 11 heteroatoms. The first kappa shape index (κ1) is 21.1. The van der Waals surface area contributed by atoms with Gasteiger partial charge in [-0.2, -0.15) is 4.31 Å². The lowest BCUT2D eigenvalue weighted by atomic mass is 10.1. The summed E-state index contributed by atoms with van der Waals surface area (Å²) >= 11 is 12.0. The lowest BCUT2D eigenvalue weighted by Gasteiger charge is -2.35. The Bertz CT molecular complexity index is 1150. The molecule has 2 aliphatic heterocycles. The van der Waals surface area contributed by atoms with Gasteiger partial charge in [0.2, 0.25) is 10.0 Å². The van der Waals surface area contributed by atoms with Crippen molar-refractivity contribution in [2.75, 3.05) is 38.6 Å². The third-order valence-electron chi connectivity index (χ3n) is 5.24. The maximum atomic E-state index is 12.9. The van der Waals surface area contributed by atoms with Gasteiger partial charge in [0.05, 0.1) is 27.8 Å². The molecule has 158 valence electrons. The van der Waals surface area contributed by atoms with E-state index in [1.165, 1.54) is 22.5 Å². The molecule has 2 aliphatic rings. The molecule has 2 amide bonds. The van der Waals surface area contributed by atoms with Crippen molar-refractivity contribution in [2.24, 2.45) is 0 Å². The minimum atomic E-state index is -3.81.